The van der Waals surface area contributed by atoms with Crippen molar-refractivity contribution in [1.82, 2.24) is 20.3 Å². The number of alkyl halides is 3. The lowest BCUT2D eigenvalue weighted by Crippen LogP contribution is -2.73. The molecule has 2 bridgehead atoms. The smallest absolute Gasteiger partial charge is 0.420 e. The van der Waals surface area contributed by atoms with E-state index in [1.165, 1.54) is 0 Å². The number of fused-ring (bicyclic) bond motifs is 5. The molecule has 3 aliphatic heterocycles. The lowest BCUT2D eigenvalue weighted by molar-refractivity contribution is -0.350. The van der Waals surface area contributed by atoms with Crippen LogP contribution in [0.5, 0.6) is 5.75 Å². The molecule has 7 rings (SSSR count). The van der Waals surface area contributed by atoms with Gasteiger partial charge in [0.25, 0.3) is 5.91 Å². The number of hydrogen-bond donors (Lipinski definition) is 3. The van der Waals surface area contributed by atoms with Crippen LogP contribution >= 0.6 is 0 Å². The first kappa shape index (κ1) is 26.8. The first-order valence-electron chi connectivity index (χ1n) is 12.9. The predicted molar refractivity (Wildman–Crippen MR) is 134 cm³/mol. The number of aliphatic hydroxyl groups is 1. The number of aromatic nitrogens is 3. The van der Waals surface area contributed by atoms with Crippen LogP contribution in [-0.2, 0) is 22.5 Å². The summed E-state index contributed by atoms with van der Waals surface area (Å²) in [5.74, 6) is -0.506. The highest BCUT2D eigenvalue weighted by molar-refractivity contribution is 5.94. The van der Waals surface area contributed by atoms with Crippen LogP contribution in [0.4, 0.5) is 23.4 Å². The minimum Gasteiger partial charge on any atom is -0.480 e. The molecule has 3 fully saturated rings. The van der Waals surface area contributed by atoms with Crippen molar-refractivity contribution in [2.45, 2.75) is 68.5 Å². The number of carbonyl (C=O) groups is 1. The third-order valence-corrected chi connectivity index (χ3v) is 8.38. The van der Waals surface area contributed by atoms with Gasteiger partial charge in [0.05, 0.1) is 29.5 Å². The second-order valence-electron chi connectivity index (χ2n) is 10.8. The number of pyridine rings is 3. The van der Waals surface area contributed by atoms with Crippen molar-refractivity contribution in [3.8, 4) is 5.75 Å². The van der Waals surface area contributed by atoms with Gasteiger partial charge < -0.3 is 25.2 Å². The van der Waals surface area contributed by atoms with Crippen LogP contribution in [-0.4, -0.2) is 62.1 Å². The molecule has 212 valence electrons. The van der Waals surface area contributed by atoms with E-state index in [4.69, 9.17) is 9.47 Å². The molecular weight excluding hydrogens is 534 g/mol. The van der Waals surface area contributed by atoms with E-state index in [1.807, 2.05) is 0 Å². The highest BCUT2D eigenvalue weighted by Gasteiger charge is 2.70. The Labute approximate surface area is 226 Å². The van der Waals surface area contributed by atoms with Gasteiger partial charge in [-0.05, 0) is 56.9 Å². The van der Waals surface area contributed by atoms with E-state index >= 15 is 0 Å². The molecular formula is C27H27F4N5O4. The van der Waals surface area contributed by atoms with Crippen LogP contribution in [0.25, 0.3) is 11.0 Å². The van der Waals surface area contributed by atoms with Gasteiger partial charge >= 0.3 is 6.18 Å². The highest BCUT2D eigenvalue weighted by Crippen LogP contribution is 2.55. The molecule has 3 N–H and O–H groups in total. The minimum atomic E-state index is -5.11. The number of hydrogen-bond acceptors (Lipinski definition) is 8. The highest BCUT2D eigenvalue weighted by atomic mass is 19.4. The minimum absolute atomic E-state index is 0.0131. The Bertz CT molecular complexity index is 1470. The summed E-state index contributed by atoms with van der Waals surface area (Å²) in [4.78, 5) is 24.2. The number of amides is 1. The van der Waals surface area contributed by atoms with E-state index in [1.54, 1.807) is 31.2 Å². The van der Waals surface area contributed by atoms with Crippen LogP contribution in [0.1, 0.15) is 42.6 Å². The molecule has 1 atom stereocenters. The van der Waals surface area contributed by atoms with Gasteiger partial charge in [-0.3, -0.25) is 14.8 Å². The summed E-state index contributed by atoms with van der Waals surface area (Å²) in [5.41, 5.74) is -4.96. The van der Waals surface area contributed by atoms with Gasteiger partial charge in [-0.1, -0.05) is 0 Å². The standard InChI is InChI=1S/C27H27F4N5O4/c1-15-2-4-19-22(34-15)17(18(28)12-32-19)10-26(38,27(29,30)31)25-8-6-24(7-9-25,14-40-25)33-11-16-3-5-20-23(35-16)36-21(37)13-39-20/h2-5,12,33,38H,6-11,13-14H2,1H3,(H,35,36,37). The topological polar surface area (TPSA) is 118 Å². The summed E-state index contributed by atoms with van der Waals surface area (Å²) in [5, 5.41) is 17.5. The average molecular weight is 562 g/mol. The van der Waals surface area contributed by atoms with Gasteiger partial charge in [0, 0.05) is 29.8 Å². The second-order valence-corrected chi connectivity index (χ2v) is 10.8. The Kier molecular flexibility index (Phi) is 6.24. The molecule has 1 amide bonds. The molecule has 6 heterocycles. The molecule has 0 spiro atoms. The molecule has 40 heavy (non-hydrogen) atoms. The molecule has 2 saturated heterocycles. The normalized spacial score (nSPS) is 25.7. The Morgan fingerprint density at radius 3 is 2.60 bits per heavy atom. The van der Waals surface area contributed by atoms with E-state index in [2.05, 4.69) is 25.6 Å². The van der Waals surface area contributed by atoms with Gasteiger partial charge in [0.1, 0.15) is 11.4 Å². The SMILES string of the molecule is Cc1ccc2ncc(F)c(CC(O)(C(F)(F)F)C34CCC(NCc5ccc6c(n5)NC(=O)CO6)(CC3)CO4)c2n1. The molecule has 1 aliphatic carbocycles. The van der Waals surface area contributed by atoms with Crippen molar-refractivity contribution in [3.63, 3.8) is 0 Å². The molecule has 0 aromatic carbocycles. The van der Waals surface area contributed by atoms with Crippen LogP contribution < -0.4 is 15.4 Å². The molecule has 3 aromatic rings. The number of ether oxygens (including phenoxy) is 2. The maximum atomic E-state index is 15.0. The summed E-state index contributed by atoms with van der Waals surface area (Å²) in [6.07, 6.45) is -4.88. The van der Waals surface area contributed by atoms with Crippen molar-refractivity contribution in [2.75, 3.05) is 18.5 Å². The zero-order valence-electron chi connectivity index (χ0n) is 21.6. The van der Waals surface area contributed by atoms with Crippen LogP contribution in [0.15, 0.2) is 30.5 Å². The number of anilines is 1. The zero-order valence-corrected chi connectivity index (χ0v) is 21.6. The summed E-state index contributed by atoms with van der Waals surface area (Å²) in [7, 11) is 0. The first-order valence-corrected chi connectivity index (χ1v) is 12.9. The number of halogens is 4. The van der Waals surface area contributed by atoms with Crippen LogP contribution in [0.2, 0.25) is 0 Å². The number of nitrogens with one attached hydrogen (secondary N) is 2. The number of carbonyl (C=O) groups excluding carboxylic acids is 1. The van der Waals surface area contributed by atoms with Crippen molar-refractivity contribution in [3.05, 3.63) is 53.2 Å². The van der Waals surface area contributed by atoms with E-state index in [0.29, 0.717) is 35.8 Å². The first-order chi connectivity index (χ1) is 18.9. The fraction of sp³-hybridized carbons (Fsp3) is 0.481. The van der Waals surface area contributed by atoms with Crippen LogP contribution in [0, 0.1) is 12.7 Å². The molecule has 1 saturated carbocycles. The molecule has 0 radical (unpaired) electrons. The second kappa shape index (κ2) is 9.32. The third kappa shape index (κ3) is 4.36. The zero-order chi connectivity index (χ0) is 28.3. The summed E-state index contributed by atoms with van der Waals surface area (Å²) in [6, 6.07) is 6.62. The van der Waals surface area contributed by atoms with Crippen molar-refractivity contribution in [1.29, 1.82) is 0 Å². The van der Waals surface area contributed by atoms with Gasteiger partial charge in [-0.2, -0.15) is 13.2 Å². The van der Waals surface area contributed by atoms with Gasteiger partial charge in [-0.25, -0.2) is 9.37 Å². The van der Waals surface area contributed by atoms with E-state index in [0.717, 1.165) is 6.20 Å². The van der Waals surface area contributed by atoms with Crippen molar-refractivity contribution < 1.29 is 36.9 Å². The Morgan fingerprint density at radius 2 is 1.90 bits per heavy atom. The van der Waals surface area contributed by atoms with Crippen molar-refractivity contribution >= 4 is 22.8 Å². The lowest BCUT2D eigenvalue weighted by atomic mass is 9.62. The van der Waals surface area contributed by atoms with Gasteiger partial charge in [-0.15, -0.1) is 0 Å². The van der Waals surface area contributed by atoms with E-state index in [-0.39, 0.29) is 55.1 Å². The summed E-state index contributed by atoms with van der Waals surface area (Å²) in [6.45, 7) is 1.76. The summed E-state index contributed by atoms with van der Waals surface area (Å²) < 4.78 is 70.3. The number of rotatable bonds is 6. The monoisotopic (exact) mass is 561 g/mol. The molecule has 1 unspecified atom stereocenters. The van der Waals surface area contributed by atoms with Crippen molar-refractivity contribution in [2.24, 2.45) is 0 Å². The number of aryl methyl sites for hydroxylation is 1. The average Bonchev–Trinajstić information content (AvgIpc) is 2.93. The molecule has 3 aromatic heterocycles. The Morgan fingerprint density at radius 1 is 1.12 bits per heavy atom. The van der Waals surface area contributed by atoms with E-state index < -0.39 is 35.2 Å². The summed E-state index contributed by atoms with van der Waals surface area (Å²) >= 11 is 0. The van der Waals surface area contributed by atoms with Crippen LogP contribution in [0.3, 0.4) is 0 Å². The molecule has 13 heteroatoms. The van der Waals surface area contributed by atoms with Gasteiger partial charge in [0.2, 0.25) is 0 Å². The Hall–Kier alpha value is -3.42. The predicted octanol–water partition coefficient (Wildman–Crippen LogP) is 3.51. The largest absolute Gasteiger partial charge is 0.480 e. The Balaban J connectivity index is 1.23. The van der Waals surface area contributed by atoms with E-state index in [9.17, 15) is 27.5 Å². The lowest BCUT2D eigenvalue weighted by Gasteiger charge is -2.59. The molecule has 4 aliphatic rings. The number of nitrogens with zero attached hydrogens (tertiary/aromatic N) is 3. The third-order valence-electron chi connectivity index (χ3n) is 8.38. The fourth-order valence-electron chi connectivity index (χ4n) is 5.98. The van der Waals surface area contributed by atoms with Gasteiger partial charge in [0.15, 0.2) is 23.8 Å². The quantitative estimate of drug-likeness (QED) is 0.392. The fourth-order valence-corrected chi connectivity index (χ4v) is 5.98. The molecule has 9 nitrogen and oxygen atoms in total. The maximum absolute atomic E-state index is 15.0. The maximum Gasteiger partial charge on any atom is 0.420 e.